The average molecular weight is 256 g/mol. The normalized spacial score (nSPS) is 11.4. The number of hydrogen-bond acceptors (Lipinski definition) is 5. The van der Waals surface area contributed by atoms with Crippen LogP contribution in [-0.4, -0.2) is 21.4 Å². The Balaban J connectivity index is 3.35. The number of pyridine rings is 1. The lowest BCUT2D eigenvalue weighted by molar-refractivity contribution is -0.389. The van der Waals surface area contributed by atoms with Crippen molar-refractivity contribution in [1.29, 1.82) is 0 Å². The minimum Gasteiger partial charge on any atom is -0.395 e. The molecule has 0 atom stereocenters. The Labute approximate surface area is 90.6 Å². The Kier molecular flexibility index (Phi) is 3.46. The maximum atomic E-state index is 13.3. The van der Waals surface area contributed by atoms with E-state index in [4.69, 9.17) is 5.11 Å². The van der Waals surface area contributed by atoms with Crippen molar-refractivity contribution < 1.29 is 32.3 Å². The van der Waals surface area contributed by atoms with E-state index in [0.717, 1.165) is 0 Å². The summed E-state index contributed by atoms with van der Waals surface area (Å²) < 4.78 is 52.2. The Bertz CT molecular complexity index is 448. The number of aliphatic hydroxyl groups is 1. The van der Waals surface area contributed by atoms with Gasteiger partial charge in [0.15, 0.2) is 5.82 Å². The number of aromatic nitrogens is 1. The van der Waals surface area contributed by atoms with Crippen molar-refractivity contribution in [3.63, 3.8) is 0 Å². The topological polar surface area (TPSA) is 85.5 Å². The molecule has 1 rings (SSSR count). The fraction of sp³-hybridized carbons (Fsp3) is 0.286. The number of nitro groups is 1. The van der Waals surface area contributed by atoms with Crippen LogP contribution in [0.15, 0.2) is 6.20 Å². The Morgan fingerprint density at radius 2 is 2.12 bits per heavy atom. The van der Waals surface area contributed by atoms with Gasteiger partial charge in [0.1, 0.15) is 11.9 Å². The summed E-state index contributed by atoms with van der Waals surface area (Å²) in [7, 11) is 0. The highest BCUT2D eigenvalue weighted by atomic mass is 19.4. The molecule has 0 spiro atoms. The van der Waals surface area contributed by atoms with Gasteiger partial charge in [-0.3, -0.25) is 10.1 Å². The molecule has 1 aromatic rings. The van der Waals surface area contributed by atoms with Crippen LogP contribution < -0.4 is 4.74 Å². The van der Waals surface area contributed by atoms with Crippen molar-refractivity contribution in [2.24, 2.45) is 0 Å². The zero-order valence-corrected chi connectivity index (χ0v) is 7.86. The van der Waals surface area contributed by atoms with Crippen LogP contribution in [0.1, 0.15) is 5.69 Å². The lowest BCUT2D eigenvalue weighted by atomic mass is 10.3. The van der Waals surface area contributed by atoms with Crippen LogP contribution in [0.5, 0.6) is 5.75 Å². The Morgan fingerprint density at radius 3 is 2.53 bits per heavy atom. The number of ether oxygens (including phenoxy) is 1. The first-order chi connectivity index (χ1) is 7.76. The van der Waals surface area contributed by atoms with Crippen molar-refractivity contribution in [2.75, 3.05) is 0 Å². The summed E-state index contributed by atoms with van der Waals surface area (Å²) in [6.07, 6.45) is -4.92. The molecule has 1 heterocycles. The second-order valence-corrected chi connectivity index (χ2v) is 2.70. The predicted molar refractivity (Wildman–Crippen MR) is 43.5 cm³/mol. The molecule has 0 aromatic carbocycles. The highest BCUT2D eigenvalue weighted by molar-refractivity contribution is 5.46. The molecular weight excluding hydrogens is 252 g/mol. The van der Waals surface area contributed by atoms with Crippen molar-refractivity contribution in [3.8, 4) is 5.75 Å². The molecule has 0 radical (unpaired) electrons. The highest BCUT2D eigenvalue weighted by Gasteiger charge is 2.37. The molecule has 17 heavy (non-hydrogen) atoms. The monoisotopic (exact) mass is 256 g/mol. The zero-order chi connectivity index (χ0) is 13.2. The molecule has 0 aliphatic rings. The Hall–Kier alpha value is -1.97. The van der Waals surface area contributed by atoms with Crippen LogP contribution in [0, 0.1) is 15.9 Å². The smallest absolute Gasteiger partial charge is 0.395 e. The molecule has 0 unspecified atom stereocenters. The van der Waals surface area contributed by atoms with Gasteiger partial charge in [0.2, 0.25) is 5.75 Å². The van der Waals surface area contributed by atoms with E-state index in [1.165, 1.54) is 0 Å². The standard InChI is InChI=1S/C7H4F4N2O4/c8-5-3(2-14)12-1-4(13(15)16)6(5)17-7(9,10)11/h1,14H,2H2. The number of aliphatic hydroxyl groups excluding tert-OH is 1. The Morgan fingerprint density at radius 1 is 1.53 bits per heavy atom. The average Bonchev–Trinajstić information content (AvgIpc) is 2.18. The summed E-state index contributed by atoms with van der Waals surface area (Å²) in [6, 6.07) is 0. The summed E-state index contributed by atoms with van der Waals surface area (Å²) in [5.41, 5.74) is -2.06. The minimum absolute atomic E-state index is 0.371. The number of rotatable bonds is 3. The van der Waals surface area contributed by atoms with Crippen molar-refractivity contribution in [3.05, 3.63) is 27.8 Å². The van der Waals surface area contributed by atoms with E-state index in [0.29, 0.717) is 6.20 Å². The number of hydrogen-bond donors (Lipinski definition) is 1. The summed E-state index contributed by atoms with van der Waals surface area (Å²) in [6.45, 7) is -1.02. The van der Waals surface area contributed by atoms with Crippen LogP contribution >= 0.6 is 0 Å². The third kappa shape index (κ3) is 3.00. The fourth-order valence-corrected chi connectivity index (χ4v) is 0.951. The van der Waals surface area contributed by atoms with Crippen LogP contribution in [-0.2, 0) is 6.61 Å². The zero-order valence-electron chi connectivity index (χ0n) is 7.86. The van der Waals surface area contributed by atoms with Gasteiger partial charge in [-0.25, -0.2) is 9.37 Å². The summed E-state index contributed by atoms with van der Waals surface area (Å²) in [5, 5.41) is 18.9. The van der Waals surface area contributed by atoms with Gasteiger partial charge in [-0.1, -0.05) is 0 Å². The van der Waals surface area contributed by atoms with Gasteiger partial charge >= 0.3 is 12.0 Å². The van der Waals surface area contributed by atoms with E-state index < -0.39 is 40.8 Å². The van der Waals surface area contributed by atoms with Crippen LogP contribution in [0.3, 0.4) is 0 Å². The van der Waals surface area contributed by atoms with Gasteiger partial charge in [0.05, 0.1) is 11.5 Å². The SMILES string of the molecule is O=[N+]([O-])c1cnc(CO)c(F)c1OC(F)(F)F. The fourth-order valence-electron chi connectivity index (χ4n) is 0.951. The number of alkyl halides is 3. The first-order valence-electron chi connectivity index (χ1n) is 3.94. The molecule has 10 heteroatoms. The first kappa shape index (κ1) is 13.1. The lowest BCUT2D eigenvalue weighted by Gasteiger charge is -2.10. The molecule has 0 saturated heterocycles. The summed E-state index contributed by atoms with van der Waals surface area (Å²) >= 11 is 0. The van der Waals surface area contributed by atoms with E-state index in [1.54, 1.807) is 0 Å². The highest BCUT2D eigenvalue weighted by Crippen LogP contribution is 2.34. The van der Waals surface area contributed by atoms with Crippen LogP contribution in [0.4, 0.5) is 23.2 Å². The van der Waals surface area contributed by atoms with Gasteiger partial charge in [0.25, 0.3) is 0 Å². The van der Waals surface area contributed by atoms with Crippen molar-refractivity contribution >= 4 is 5.69 Å². The van der Waals surface area contributed by atoms with Gasteiger partial charge in [0, 0.05) is 0 Å². The molecule has 0 bridgehead atoms. The van der Waals surface area contributed by atoms with Gasteiger partial charge < -0.3 is 9.84 Å². The third-order valence-corrected chi connectivity index (χ3v) is 1.59. The van der Waals surface area contributed by atoms with E-state index in [9.17, 15) is 27.7 Å². The van der Waals surface area contributed by atoms with E-state index in [1.807, 2.05) is 0 Å². The van der Waals surface area contributed by atoms with E-state index in [-0.39, 0.29) is 0 Å². The minimum atomic E-state index is -5.29. The molecule has 0 aliphatic heterocycles. The third-order valence-electron chi connectivity index (χ3n) is 1.59. The second-order valence-electron chi connectivity index (χ2n) is 2.70. The van der Waals surface area contributed by atoms with Gasteiger partial charge in [-0.15, -0.1) is 13.2 Å². The van der Waals surface area contributed by atoms with Crippen LogP contribution in [0.25, 0.3) is 0 Å². The molecule has 6 nitrogen and oxygen atoms in total. The first-order valence-corrected chi connectivity index (χ1v) is 3.94. The maximum absolute atomic E-state index is 13.3. The summed E-state index contributed by atoms with van der Waals surface area (Å²) in [5.74, 6) is -3.35. The second kappa shape index (κ2) is 4.49. The maximum Gasteiger partial charge on any atom is 0.573 e. The molecule has 0 aliphatic carbocycles. The van der Waals surface area contributed by atoms with E-state index >= 15 is 0 Å². The number of halogens is 4. The molecule has 1 aromatic heterocycles. The van der Waals surface area contributed by atoms with Crippen molar-refractivity contribution in [2.45, 2.75) is 13.0 Å². The molecular formula is C7H4F4N2O4. The largest absolute Gasteiger partial charge is 0.573 e. The predicted octanol–water partition coefficient (Wildman–Crippen LogP) is 1.52. The lowest BCUT2D eigenvalue weighted by Crippen LogP contribution is -2.19. The molecule has 1 N–H and O–H groups in total. The molecule has 0 amide bonds. The van der Waals surface area contributed by atoms with Gasteiger partial charge in [-0.2, -0.15) is 0 Å². The molecule has 94 valence electrons. The molecule has 0 fully saturated rings. The summed E-state index contributed by atoms with van der Waals surface area (Å²) in [4.78, 5) is 12.2. The number of nitrogens with zero attached hydrogens (tertiary/aromatic N) is 2. The van der Waals surface area contributed by atoms with Gasteiger partial charge in [-0.05, 0) is 0 Å². The van der Waals surface area contributed by atoms with Crippen LogP contribution in [0.2, 0.25) is 0 Å². The molecule has 0 saturated carbocycles. The quantitative estimate of drug-likeness (QED) is 0.503. The van der Waals surface area contributed by atoms with E-state index in [2.05, 4.69) is 9.72 Å². The van der Waals surface area contributed by atoms with Crippen molar-refractivity contribution in [1.82, 2.24) is 4.98 Å².